The SMILES string of the molecule is C1=CCc2cc(P(c3ccc4ccccc4c3)c3ccc4ccccc4c3)ccc2C=C1. The average Bonchev–Trinajstić information content (AvgIpc) is 3.09. The van der Waals surface area contributed by atoms with Crippen molar-refractivity contribution in [2.45, 2.75) is 6.42 Å². The number of fused-ring (bicyclic) bond motifs is 3. The molecule has 32 heavy (non-hydrogen) atoms. The maximum Gasteiger partial charge on any atom is -0.00882 e. The summed E-state index contributed by atoms with van der Waals surface area (Å²) in [5.41, 5.74) is 2.73. The molecule has 0 radical (unpaired) electrons. The number of hydrogen-bond acceptors (Lipinski definition) is 0. The maximum absolute atomic E-state index is 2.44. The van der Waals surface area contributed by atoms with Crippen molar-refractivity contribution in [2.75, 3.05) is 0 Å². The van der Waals surface area contributed by atoms with E-state index in [0.717, 1.165) is 6.42 Å². The third-order valence-electron chi connectivity index (χ3n) is 6.23. The lowest BCUT2D eigenvalue weighted by atomic mass is 10.1. The molecule has 0 amide bonds. The van der Waals surface area contributed by atoms with Gasteiger partial charge < -0.3 is 0 Å². The van der Waals surface area contributed by atoms with Gasteiger partial charge in [-0.15, -0.1) is 0 Å². The smallest absolute Gasteiger partial charge is 0.00882 e. The zero-order valence-corrected chi connectivity index (χ0v) is 18.7. The van der Waals surface area contributed by atoms with Gasteiger partial charge in [-0.3, -0.25) is 0 Å². The monoisotopic (exact) mass is 426 g/mol. The zero-order valence-electron chi connectivity index (χ0n) is 17.8. The van der Waals surface area contributed by atoms with Crippen LogP contribution in [0, 0.1) is 0 Å². The third-order valence-corrected chi connectivity index (χ3v) is 8.61. The molecule has 1 aliphatic rings. The van der Waals surface area contributed by atoms with Crippen LogP contribution in [0.1, 0.15) is 11.1 Å². The Balaban J connectivity index is 1.56. The van der Waals surface area contributed by atoms with Crippen LogP contribution in [0.2, 0.25) is 0 Å². The Bertz CT molecular complexity index is 1430. The fourth-order valence-corrected chi connectivity index (χ4v) is 6.97. The molecule has 0 saturated carbocycles. The molecule has 0 bridgehead atoms. The minimum absolute atomic E-state index is 0.665. The molecule has 5 aromatic rings. The minimum Gasteiger partial charge on any atom is -0.0801 e. The molecule has 0 atom stereocenters. The molecular formula is C31H23P. The van der Waals surface area contributed by atoms with Gasteiger partial charge in [0.05, 0.1) is 0 Å². The predicted molar refractivity (Wildman–Crippen MR) is 142 cm³/mol. The normalized spacial score (nSPS) is 12.9. The van der Waals surface area contributed by atoms with Crippen LogP contribution in [-0.2, 0) is 6.42 Å². The molecule has 0 aliphatic heterocycles. The van der Waals surface area contributed by atoms with Gasteiger partial charge in [0.25, 0.3) is 0 Å². The highest BCUT2D eigenvalue weighted by molar-refractivity contribution is 7.79. The van der Waals surface area contributed by atoms with Crippen molar-refractivity contribution in [1.29, 1.82) is 0 Å². The summed E-state index contributed by atoms with van der Waals surface area (Å²) in [6.07, 6.45) is 9.74. The van der Waals surface area contributed by atoms with E-state index in [1.165, 1.54) is 48.6 Å². The van der Waals surface area contributed by atoms with E-state index in [4.69, 9.17) is 0 Å². The first kappa shape index (κ1) is 19.2. The molecule has 152 valence electrons. The van der Waals surface area contributed by atoms with Crippen LogP contribution in [-0.4, -0.2) is 0 Å². The van der Waals surface area contributed by atoms with E-state index in [1.54, 1.807) is 0 Å². The van der Waals surface area contributed by atoms with Gasteiger partial charge in [0, 0.05) is 0 Å². The highest BCUT2D eigenvalue weighted by Crippen LogP contribution is 2.36. The fourth-order valence-electron chi connectivity index (χ4n) is 4.58. The van der Waals surface area contributed by atoms with E-state index < -0.39 is 7.92 Å². The second kappa shape index (κ2) is 8.23. The lowest BCUT2D eigenvalue weighted by molar-refractivity contribution is 1.27. The van der Waals surface area contributed by atoms with Gasteiger partial charge in [-0.05, 0) is 81.1 Å². The summed E-state index contributed by atoms with van der Waals surface area (Å²) in [7, 11) is -0.665. The van der Waals surface area contributed by atoms with Crippen molar-refractivity contribution >= 4 is 51.5 Å². The van der Waals surface area contributed by atoms with Crippen molar-refractivity contribution < 1.29 is 0 Å². The van der Waals surface area contributed by atoms with Crippen molar-refractivity contribution in [2.24, 2.45) is 0 Å². The van der Waals surface area contributed by atoms with E-state index in [0.29, 0.717) is 0 Å². The van der Waals surface area contributed by atoms with E-state index in [-0.39, 0.29) is 0 Å². The van der Waals surface area contributed by atoms with Crippen LogP contribution in [0.3, 0.4) is 0 Å². The molecule has 0 fully saturated rings. The molecular weight excluding hydrogens is 403 g/mol. The zero-order chi connectivity index (χ0) is 21.3. The van der Waals surface area contributed by atoms with Crippen LogP contribution >= 0.6 is 7.92 Å². The van der Waals surface area contributed by atoms with E-state index >= 15 is 0 Å². The highest BCUT2D eigenvalue weighted by Gasteiger charge is 2.19. The Morgan fingerprint density at radius 1 is 0.500 bits per heavy atom. The molecule has 1 heteroatoms. The van der Waals surface area contributed by atoms with Crippen LogP contribution in [0.15, 0.2) is 121 Å². The molecule has 0 nitrogen and oxygen atoms in total. The van der Waals surface area contributed by atoms with Gasteiger partial charge in [-0.1, -0.05) is 109 Å². The number of hydrogen-bond donors (Lipinski definition) is 0. The summed E-state index contributed by atoms with van der Waals surface area (Å²) in [5.74, 6) is 0. The van der Waals surface area contributed by atoms with Crippen molar-refractivity contribution in [3.63, 3.8) is 0 Å². The molecule has 0 spiro atoms. The predicted octanol–water partition coefficient (Wildman–Crippen LogP) is 6.88. The Hall–Kier alpha value is -3.47. The summed E-state index contributed by atoms with van der Waals surface area (Å²) in [6.45, 7) is 0. The first-order chi connectivity index (χ1) is 15.8. The molecule has 0 saturated heterocycles. The number of benzene rings is 5. The minimum atomic E-state index is -0.665. The fraction of sp³-hybridized carbons (Fsp3) is 0.0323. The summed E-state index contributed by atoms with van der Waals surface area (Å²) in [4.78, 5) is 0. The lowest BCUT2D eigenvalue weighted by Gasteiger charge is -2.22. The van der Waals surface area contributed by atoms with Crippen LogP contribution < -0.4 is 15.9 Å². The molecule has 1 aliphatic carbocycles. The van der Waals surface area contributed by atoms with Crippen molar-refractivity contribution in [1.82, 2.24) is 0 Å². The maximum atomic E-state index is 2.44. The molecule has 0 unspecified atom stereocenters. The summed E-state index contributed by atoms with van der Waals surface area (Å²) < 4.78 is 0. The van der Waals surface area contributed by atoms with E-state index in [2.05, 4.69) is 127 Å². The van der Waals surface area contributed by atoms with E-state index in [9.17, 15) is 0 Å². The topological polar surface area (TPSA) is 0 Å². The average molecular weight is 426 g/mol. The molecule has 6 rings (SSSR count). The Kier molecular flexibility index (Phi) is 4.94. The second-order valence-corrected chi connectivity index (χ2v) is 10.5. The molecule has 5 aromatic carbocycles. The van der Waals surface area contributed by atoms with Gasteiger partial charge in [0.15, 0.2) is 0 Å². The summed E-state index contributed by atoms with van der Waals surface area (Å²) >= 11 is 0. The molecule has 0 aromatic heterocycles. The standard InChI is InChI=1S/C31H23P/c1-2-8-23-14-17-29(20-26(23)11-3-1)32(30-18-15-24-9-4-6-12-27(24)21-30)31-19-16-25-10-5-7-13-28(25)22-31/h1-10,12-22H,11H2. The molecule has 0 N–H and O–H groups in total. The van der Waals surface area contributed by atoms with Gasteiger partial charge in [-0.25, -0.2) is 0 Å². The summed E-state index contributed by atoms with van der Waals surface area (Å²) in [5, 5.41) is 9.40. The third kappa shape index (κ3) is 3.58. The Labute approximate surface area is 190 Å². The first-order valence-electron chi connectivity index (χ1n) is 11.1. The van der Waals surface area contributed by atoms with Gasteiger partial charge in [0.1, 0.15) is 0 Å². The number of rotatable bonds is 3. The second-order valence-electron chi connectivity index (χ2n) is 8.27. The van der Waals surface area contributed by atoms with Crippen LogP contribution in [0.5, 0.6) is 0 Å². The highest BCUT2D eigenvalue weighted by atomic mass is 31.1. The largest absolute Gasteiger partial charge is 0.0801 e. The summed E-state index contributed by atoms with van der Waals surface area (Å²) in [6, 6.07) is 38.4. The Morgan fingerprint density at radius 2 is 1.06 bits per heavy atom. The van der Waals surface area contributed by atoms with Gasteiger partial charge in [0.2, 0.25) is 0 Å². The van der Waals surface area contributed by atoms with Gasteiger partial charge in [-0.2, -0.15) is 0 Å². The molecule has 0 heterocycles. The Morgan fingerprint density at radius 3 is 1.72 bits per heavy atom. The van der Waals surface area contributed by atoms with Crippen molar-refractivity contribution in [3.8, 4) is 0 Å². The first-order valence-corrected chi connectivity index (χ1v) is 12.4. The van der Waals surface area contributed by atoms with Crippen LogP contribution in [0.4, 0.5) is 0 Å². The quantitative estimate of drug-likeness (QED) is 0.276. The lowest BCUT2D eigenvalue weighted by Crippen LogP contribution is -2.21. The van der Waals surface area contributed by atoms with Crippen molar-refractivity contribution in [3.05, 3.63) is 132 Å². The number of allylic oxidation sites excluding steroid dienone is 3. The van der Waals surface area contributed by atoms with Crippen LogP contribution in [0.25, 0.3) is 27.6 Å². The van der Waals surface area contributed by atoms with Gasteiger partial charge >= 0.3 is 0 Å². The van der Waals surface area contributed by atoms with E-state index in [1.807, 2.05) is 0 Å².